The first-order valence-electron chi connectivity index (χ1n) is 9.81. The lowest BCUT2D eigenvalue weighted by atomic mass is 9.96. The summed E-state index contributed by atoms with van der Waals surface area (Å²) >= 11 is 0. The van der Waals surface area contributed by atoms with Crippen LogP contribution in [0.5, 0.6) is 0 Å². The van der Waals surface area contributed by atoms with Crippen molar-refractivity contribution in [1.29, 1.82) is 0 Å². The minimum atomic E-state index is -0.116. The van der Waals surface area contributed by atoms with Gasteiger partial charge in [-0.25, -0.2) is 4.39 Å². The van der Waals surface area contributed by atoms with Crippen LogP contribution in [0.1, 0.15) is 34.3 Å². The Hall–Kier alpha value is -2.20. The molecule has 0 aromatic heterocycles. The van der Waals surface area contributed by atoms with Crippen LogP contribution >= 0.6 is 0 Å². The summed E-state index contributed by atoms with van der Waals surface area (Å²) in [5, 5.41) is 0. The zero-order chi connectivity index (χ0) is 19.2. The maximum Gasteiger partial charge on any atom is 0.253 e. The van der Waals surface area contributed by atoms with E-state index < -0.39 is 0 Å². The van der Waals surface area contributed by atoms with Crippen LogP contribution in [0.2, 0.25) is 0 Å². The molecule has 0 aliphatic carbocycles. The third-order valence-corrected chi connectivity index (χ3v) is 5.40. The fraction of sp³-hybridized carbons (Fsp3) is 0.435. The Balaban J connectivity index is 1.52. The lowest BCUT2D eigenvalue weighted by molar-refractivity contribution is 0.0730. The lowest BCUT2D eigenvalue weighted by Crippen LogP contribution is -2.42. The first kappa shape index (κ1) is 19.6. The fourth-order valence-electron chi connectivity index (χ4n) is 3.95. The Morgan fingerprint density at radius 2 is 2.04 bits per heavy atom. The maximum absolute atomic E-state index is 13.8. The van der Waals surface area contributed by atoms with Gasteiger partial charge < -0.3 is 9.80 Å². The van der Waals surface area contributed by atoms with Crippen LogP contribution in [0.15, 0.2) is 48.5 Å². The molecule has 0 spiro atoms. The van der Waals surface area contributed by atoms with Gasteiger partial charge in [-0.3, -0.25) is 4.79 Å². The first-order chi connectivity index (χ1) is 13.0. The van der Waals surface area contributed by atoms with Gasteiger partial charge in [-0.1, -0.05) is 35.9 Å². The summed E-state index contributed by atoms with van der Waals surface area (Å²) < 4.78 is 13.8. The number of benzene rings is 2. The summed E-state index contributed by atoms with van der Waals surface area (Å²) in [5.41, 5.74) is 2.64. The van der Waals surface area contributed by atoms with E-state index in [0.29, 0.717) is 5.92 Å². The molecular weight excluding hydrogens is 339 g/mol. The second-order valence-electron chi connectivity index (χ2n) is 7.71. The summed E-state index contributed by atoms with van der Waals surface area (Å²) in [6.45, 7) is 5.67. The molecule has 144 valence electrons. The van der Waals surface area contributed by atoms with Gasteiger partial charge in [0, 0.05) is 32.2 Å². The molecule has 4 heteroatoms. The number of carbonyl (C=O) groups is 1. The average molecular weight is 368 g/mol. The molecule has 1 aliphatic rings. The quantitative estimate of drug-likeness (QED) is 0.764. The van der Waals surface area contributed by atoms with E-state index in [1.807, 2.05) is 55.3 Å². The van der Waals surface area contributed by atoms with Crippen molar-refractivity contribution in [2.45, 2.75) is 26.2 Å². The van der Waals surface area contributed by atoms with Gasteiger partial charge in [0.15, 0.2) is 0 Å². The number of piperidine rings is 1. The van der Waals surface area contributed by atoms with Crippen LogP contribution in [-0.2, 0) is 6.42 Å². The zero-order valence-corrected chi connectivity index (χ0v) is 16.3. The number of aryl methyl sites for hydroxylation is 1. The van der Waals surface area contributed by atoms with Crippen molar-refractivity contribution in [2.75, 3.05) is 33.2 Å². The number of nitrogens with zero attached hydrogens (tertiary/aromatic N) is 2. The van der Waals surface area contributed by atoms with Crippen molar-refractivity contribution in [3.63, 3.8) is 0 Å². The maximum atomic E-state index is 13.8. The normalized spacial score (nSPS) is 17.7. The van der Waals surface area contributed by atoms with E-state index in [9.17, 15) is 9.18 Å². The van der Waals surface area contributed by atoms with Crippen molar-refractivity contribution in [3.05, 3.63) is 71.0 Å². The van der Waals surface area contributed by atoms with Gasteiger partial charge in [-0.2, -0.15) is 0 Å². The number of hydrogen-bond acceptors (Lipinski definition) is 2. The minimum absolute atomic E-state index is 0.0854. The van der Waals surface area contributed by atoms with Crippen LogP contribution in [0.3, 0.4) is 0 Å². The SMILES string of the molecule is Cc1cccc(C(=O)N(C)CC2CCCN(CCc3ccccc3F)C2)c1. The first-order valence-corrected chi connectivity index (χ1v) is 9.81. The summed E-state index contributed by atoms with van der Waals surface area (Å²) in [7, 11) is 1.89. The highest BCUT2D eigenvalue weighted by Gasteiger charge is 2.23. The number of halogens is 1. The molecule has 0 N–H and O–H groups in total. The number of amides is 1. The molecule has 0 bridgehead atoms. The van der Waals surface area contributed by atoms with Gasteiger partial charge >= 0.3 is 0 Å². The highest BCUT2D eigenvalue weighted by Crippen LogP contribution is 2.19. The number of carbonyl (C=O) groups excluding carboxylic acids is 1. The van der Waals surface area contributed by atoms with E-state index in [1.165, 1.54) is 6.07 Å². The molecule has 1 aliphatic heterocycles. The molecular formula is C23H29FN2O. The fourth-order valence-corrected chi connectivity index (χ4v) is 3.95. The van der Waals surface area contributed by atoms with Crippen molar-refractivity contribution in [2.24, 2.45) is 5.92 Å². The summed E-state index contributed by atoms with van der Waals surface area (Å²) in [6.07, 6.45) is 3.01. The monoisotopic (exact) mass is 368 g/mol. The average Bonchev–Trinajstić information content (AvgIpc) is 2.67. The van der Waals surface area contributed by atoms with Crippen LogP contribution in [0.4, 0.5) is 4.39 Å². The van der Waals surface area contributed by atoms with E-state index in [4.69, 9.17) is 0 Å². The topological polar surface area (TPSA) is 23.6 Å². The standard InChI is InChI=1S/C23H29FN2O/c1-18-7-5-10-21(15-18)23(27)25(2)16-19-8-6-13-26(17-19)14-12-20-9-3-4-11-22(20)24/h3-5,7,9-11,15,19H,6,8,12-14,16-17H2,1-2H3. The molecule has 1 saturated heterocycles. The molecule has 27 heavy (non-hydrogen) atoms. The van der Waals surface area contributed by atoms with Gasteiger partial charge in [-0.15, -0.1) is 0 Å². The van der Waals surface area contributed by atoms with E-state index in [-0.39, 0.29) is 11.7 Å². The molecule has 1 amide bonds. The number of likely N-dealkylation sites (tertiary alicyclic amines) is 1. The summed E-state index contributed by atoms with van der Waals surface area (Å²) in [4.78, 5) is 16.9. The smallest absolute Gasteiger partial charge is 0.253 e. The van der Waals surface area contributed by atoms with Crippen molar-refractivity contribution in [1.82, 2.24) is 9.80 Å². The third kappa shape index (κ3) is 5.39. The number of rotatable bonds is 6. The Labute approximate surface area is 161 Å². The molecule has 1 unspecified atom stereocenters. The zero-order valence-electron chi connectivity index (χ0n) is 16.3. The molecule has 2 aromatic carbocycles. The van der Waals surface area contributed by atoms with Crippen molar-refractivity contribution < 1.29 is 9.18 Å². The van der Waals surface area contributed by atoms with E-state index in [2.05, 4.69) is 4.90 Å². The van der Waals surface area contributed by atoms with Crippen molar-refractivity contribution >= 4 is 5.91 Å². The highest BCUT2D eigenvalue weighted by molar-refractivity contribution is 5.94. The molecule has 1 fully saturated rings. The largest absolute Gasteiger partial charge is 0.341 e. The Morgan fingerprint density at radius 3 is 2.81 bits per heavy atom. The summed E-state index contributed by atoms with van der Waals surface area (Å²) in [6, 6.07) is 14.8. The Morgan fingerprint density at radius 1 is 1.22 bits per heavy atom. The van der Waals surface area contributed by atoms with Gasteiger partial charge in [0.1, 0.15) is 5.82 Å². The van der Waals surface area contributed by atoms with Gasteiger partial charge in [0.05, 0.1) is 0 Å². The highest BCUT2D eigenvalue weighted by atomic mass is 19.1. The molecule has 1 atom stereocenters. The Bertz CT molecular complexity index is 776. The van der Waals surface area contributed by atoms with Gasteiger partial charge in [0.2, 0.25) is 0 Å². The second-order valence-corrected chi connectivity index (χ2v) is 7.71. The molecule has 3 nitrogen and oxygen atoms in total. The third-order valence-electron chi connectivity index (χ3n) is 5.40. The molecule has 0 saturated carbocycles. The van der Waals surface area contributed by atoms with E-state index >= 15 is 0 Å². The van der Waals surface area contributed by atoms with E-state index in [0.717, 1.165) is 62.1 Å². The lowest BCUT2D eigenvalue weighted by Gasteiger charge is -2.34. The Kier molecular flexibility index (Phi) is 6.62. The second kappa shape index (κ2) is 9.14. The van der Waals surface area contributed by atoms with Gasteiger partial charge in [0.25, 0.3) is 5.91 Å². The van der Waals surface area contributed by atoms with E-state index in [1.54, 1.807) is 6.07 Å². The molecule has 1 heterocycles. The predicted octanol–water partition coefficient (Wildman–Crippen LogP) is 4.16. The predicted molar refractivity (Wildman–Crippen MR) is 107 cm³/mol. The molecule has 2 aromatic rings. The minimum Gasteiger partial charge on any atom is -0.341 e. The summed E-state index contributed by atoms with van der Waals surface area (Å²) in [5.74, 6) is 0.440. The van der Waals surface area contributed by atoms with Crippen molar-refractivity contribution in [3.8, 4) is 0 Å². The number of hydrogen-bond donors (Lipinski definition) is 0. The van der Waals surface area contributed by atoms with Crippen LogP contribution < -0.4 is 0 Å². The van der Waals surface area contributed by atoms with Crippen LogP contribution in [0.25, 0.3) is 0 Å². The van der Waals surface area contributed by atoms with Crippen LogP contribution in [-0.4, -0.2) is 48.9 Å². The van der Waals surface area contributed by atoms with Gasteiger partial charge in [-0.05, 0) is 62.4 Å². The van der Waals surface area contributed by atoms with Crippen LogP contribution in [0, 0.1) is 18.7 Å². The molecule has 3 rings (SSSR count). The molecule has 0 radical (unpaired) electrons.